The zero-order valence-corrected chi connectivity index (χ0v) is 14.0. The number of halogens is 1. The van der Waals surface area contributed by atoms with E-state index in [9.17, 15) is 4.79 Å². The molecule has 0 saturated carbocycles. The summed E-state index contributed by atoms with van der Waals surface area (Å²) < 4.78 is 0. The van der Waals surface area contributed by atoms with E-state index in [-0.39, 0.29) is 12.4 Å². The molecule has 1 fully saturated rings. The predicted octanol–water partition coefficient (Wildman–Crippen LogP) is 2.93. The Morgan fingerprint density at radius 1 is 1.26 bits per heavy atom. The van der Waals surface area contributed by atoms with Gasteiger partial charge in [0.25, 0.3) is 0 Å². The highest BCUT2D eigenvalue weighted by atomic mass is 35.5. The van der Waals surface area contributed by atoms with Gasteiger partial charge in [-0.05, 0) is 12.8 Å². The number of hydrogen-bond acceptors (Lipinski definition) is 3. The van der Waals surface area contributed by atoms with Gasteiger partial charge < -0.3 is 10.2 Å². The lowest BCUT2D eigenvalue weighted by atomic mass is 10.2. The molecule has 1 saturated heterocycles. The van der Waals surface area contributed by atoms with Crippen molar-refractivity contribution in [3.8, 4) is 0 Å². The highest BCUT2D eigenvalue weighted by Gasteiger charge is 2.20. The Kier molecular flexibility index (Phi) is 11.9. The molecule has 0 radical (unpaired) electrons. The van der Waals surface area contributed by atoms with Crippen molar-refractivity contribution in [2.75, 3.05) is 31.1 Å². The Labute approximate surface area is 128 Å². The molecule has 1 amide bonds. The molecule has 1 unspecified atom stereocenters. The molecule has 19 heavy (non-hydrogen) atoms. The van der Waals surface area contributed by atoms with E-state index in [2.05, 4.69) is 24.1 Å². The smallest absolute Gasteiger partial charge is 0.224 e. The second-order valence-corrected chi connectivity index (χ2v) is 6.17. The highest BCUT2D eigenvalue weighted by molar-refractivity contribution is 7.99. The summed E-state index contributed by atoms with van der Waals surface area (Å²) in [6.45, 7) is 7.29. The minimum absolute atomic E-state index is 0. The Bertz CT molecular complexity index is 227. The van der Waals surface area contributed by atoms with E-state index in [1.807, 2.05) is 11.8 Å². The molecule has 1 atom stereocenters. The van der Waals surface area contributed by atoms with E-state index >= 15 is 0 Å². The number of rotatable bonds is 8. The van der Waals surface area contributed by atoms with E-state index in [4.69, 9.17) is 0 Å². The molecule has 1 aliphatic rings. The first-order valence-corrected chi connectivity index (χ1v) is 8.52. The Hall–Kier alpha value is 0.0700. The second kappa shape index (κ2) is 11.9. The maximum atomic E-state index is 12.3. The third kappa shape index (κ3) is 8.05. The molecule has 0 bridgehead atoms. The molecule has 0 spiro atoms. The van der Waals surface area contributed by atoms with Gasteiger partial charge in [-0.1, -0.05) is 26.7 Å². The van der Waals surface area contributed by atoms with Crippen molar-refractivity contribution >= 4 is 30.1 Å². The SMILES string of the molecule is CCCCN(CCCC)C(=O)CC1CSCCN1.Cl. The average molecular weight is 309 g/mol. The van der Waals surface area contributed by atoms with Crippen molar-refractivity contribution < 1.29 is 4.79 Å². The van der Waals surface area contributed by atoms with E-state index in [1.165, 1.54) is 5.75 Å². The summed E-state index contributed by atoms with van der Waals surface area (Å²) >= 11 is 1.96. The van der Waals surface area contributed by atoms with Crippen LogP contribution in [0.3, 0.4) is 0 Å². The third-order valence-electron chi connectivity index (χ3n) is 3.34. The zero-order valence-electron chi connectivity index (χ0n) is 12.3. The molecule has 0 aromatic rings. The van der Waals surface area contributed by atoms with Crippen molar-refractivity contribution in [2.45, 2.75) is 52.0 Å². The Balaban J connectivity index is 0.00000324. The summed E-state index contributed by atoms with van der Waals surface area (Å²) in [6, 6.07) is 0.391. The number of carbonyl (C=O) groups is 1. The van der Waals surface area contributed by atoms with Gasteiger partial charge in [-0.3, -0.25) is 4.79 Å². The molecule has 1 heterocycles. The van der Waals surface area contributed by atoms with Gasteiger partial charge in [0, 0.05) is 43.6 Å². The maximum Gasteiger partial charge on any atom is 0.224 e. The van der Waals surface area contributed by atoms with Crippen LogP contribution in [0.1, 0.15) is 46.0 Å². The van der Waals surface area contributed by atoms with E-state index < -0.39 is 0 Å². The lowest BCUT2D eigenvalue weighted by Gasteiger charge is -2.27. The van der Waals surface area contributed by atoms with E-state index in [0.717, 1.165) is 51.1 Å². The van der Waals surface area contributed by atoms with Crippen molar-refractivity contribution in [3.63, 3.8) is 0 Å². The third-order valence-corrected chi connectivity index (χ3v) is 4.47. The molecular formula is C14H29ClN2OS. The predicted molar refractivity (Wildman–Crippen MR) is 87.4 cm³/mol. The van der Waals surface area contributed by atoms with Gasteiger partial charge in [-0.25, -0.2) is 0 Å². The van der Waals surface area contributed by atoms with Crippen LogP contribution >= 0.6 is 24.2 Å². The first-order chi connectivity index (χ1) is 8.77. The normalized spacial score (nSPS) is 18.7. The number of nitrogens with one attached hydrogen (secondary N) is 1. The van der Waals surface area contributed by atoms with Gasteiger partial charge in [-0.2, -0.15) is 11.8 Å². The van der Waals surface area contributed by atoms with Crippen LogP contribution in [0.25, 0.3) is 0 Å². The summed E-state index contributed by atoms with van der Waals surface area (Å²) in [4.78, 5) is 14.4. The molecule has 1 N–H and O–H groups in total. The molecule has 114 valence electrons. The topological polar surface area (TPSA) is 32.3 Å². The number of amides is 1. The van der Waals surface area contributed by atoms with Crippen molar-refractivity contribution in [3.05, 3.63) is 0 Å². The van der Waals surface area contributed by atoms with Gasteiger partial charge in [0.15, 0.2) is 0 Å². The van der Waals surface area contributed by atoms with E-state index in [0.29, 0.717) is 18.4 Å². The van der Waals surface area contributed by atoms with Crippen LogP contribution < -0.4 is 5.32 Å². The average Bonchev–Trinajstić information content (AvgIpc) is 2.40. The highest BCUT2D eigenvalue weighted by Crippen LogP contribution is 2.12. The summed E-state index contributed by atoms with van der Waals surface area (Å²) in [5, 5.41) is 3.45. The molecular weight excluding hydrogens is 280 g/mol. The van der Waals surface area contributed by atoms with Gasteiger partial charge in [0.05, 0.1) is 0 Å². The lowest BCUT2D eigenvalue weighted by Crippen LogP contribution is -2.43. The summed E-state index contributed by atoms with van der Waals surface area (Å²) in [7, 11) is 0. The largest absolute Gasteiger partial charge is 0.343 e. The van der Waals surface area contributed by atoms with E-state index in [1.54, 1.807) is 0 Å². The molecule has 0 aromatic carbocycles. The Morgan fingerprint density at radius 2 is 1.89 bits per heavy atom. The number of unbranched alkanes of at least 4 members (excludes halogenated alkanes) is 2. The minimum atomic E-state index is 0. The van der Waals surface area contributed by atoms with Crippen LogP contribution in [0.4, 0.5) is 0 Å². The molecule has 1 aliphatic heterocycles. The number of hydrogen-bond donors (Lipinski definition) is 1. The molecule has 0 aromatic heterocycles. The quantitative estimate of drug-likeness (QED) is 0.748. The fourth-order valence-corrected chi connectivity index (χ4v) is 3.10. The molecule has 0 aliphatic carbocycles. The first kappa shape index (κ1) is 19.1. The number of carbonyl (C=O) groups excluding carboxylic acids is 1. The summed E-state index contributed by atoms with van der Waals surface area (Å²) in [5.41, 5.74) is 0. The first-order valence-electron chi connectivity index (χ1n) is 7.36. The van der Waals surface area contributed by atoms with Gasteiger partial charge in [-0.15, -0.1) is 12.4 Å². The summed E-state index contributed by atoms with van der Waals surface area (Å²) in [5.74, 6) is 2.61. The van der Waals surface area contributed by atoms with Crippen molar-refractivity contribution in [2.24, 2.45) is 0 Å². The van der Waals surface area contributed by atoms with Gasteiger partial charge >= 0.3 is 0 Å². The number of nitrogens with zero attached hydrogens (tertiary/aromatic N) is 1. The monoisotopic (exact) mass is 308 g/mol. The van der Waals surface area contributed by atoms with Crippen LogP contribution in [-0.4, -0.2) is 48.0 Å². The number of thioether (sulfide) groups is 1. The summed E-state index contributed by atoms with van der Waals surface area (Å²) in [6.07, 6.45) is 5.26. The van der Waals surface area contributed by atoms with Gasteiger partial charge in [0.1, 0.15) is 0 Å². The molecule has 3 nitrogen and oxygen atoms in total. The lowest BCUT2D eigenvalue weighted by molar-refractivity contribution is -0.131. The van der Waals surface area contributed by atoms with Crippen molar-refractivity contribution in [1.29, 1.82) is 0 Å². The van der Waals surface area contributed by atoms with Crippen LogP contribution in [0, 0.1) is 0 Å². The van der Waals surface area contributed by atoms with Crippen LogP contribution in [0.5, 0.6) is 0 Å². The van der Waals surface area contributed by atoms with Crippen molar-refractivity contribution in [1.82, 2.24) is 10.2 Å². The fourth-order valence-electron chi connectivity index (χ4n) is 2.15. The van der Waals surface area contributed by atoms with Gasteiger partial charge in [0.2, 0.25) is 5.91 Å². The zero-order chi connectivity index (χ0) is 13.2. The molecule has 1 rings (SSSR count). The fraction of sp³-hybridized carbons (Fsp3) is 0.929. The van der Waals surface area contributed by atoms with Crippen LogP contribution in [-0.2, 0) is 4.79 Å². The van der Waals surface area contributed by atoms with Crippen LogP contribution in [0.2, 0.25) is 0 Å². The Morgan fingerprint density at radius 3 is 2.37 bits per heavy atom. The molecule has 5 heteroatoms. The standard InChI is InChI=1S/C14H28N2OS.ClH/c1-3-5-8-16(9-6-4-2)14(17)11-13-12-18-10-7-15-13;/h13,15H,3-12H2,1-2H3;1H. The maximum absolute atomic E-state index is 12.3. The second-order valence-electron chi connectivity index (χ2n) is 5.02. The minimum Gasteiger partial charge on any atom is -0.343 e. The van der Waals surface area contributed by atoms with Crippen LogP contribution in [0.15, 0.2) is 0 Å².